The van der Waals surface area contributed by atoms with Gasteiger partial charge >= 0.3 is 0 Å². The van der Waals surface area contributed by atoms with E-state index in [0.717, 1.165) is 17.3 Å². The van der Waals surface area contributed by atoms with E-state index in [9.17, 15) is 13.6 Å². The van der Waals surface area contributed by atoms with Crippen molar-refractivity contribution in [2.24, 2.45) is 0 Å². The summed E-state index contributed by atoms with van der Waals surface area (Å²) in [7, 11) is 0. The van der Waals surface area contributed by atoms with E-state index in [2.05, 4.69) is 9.97 Å². The molecule has 2 aromatic carbocycles. The first-order valence-electron chi connectivity index (χ1n) is 8.63. The van der Waals surface area contributed by atoms with Crippen molar-refractivity contribution in [2.45, 2.75) is 19.5 Å². The van der Waals surface area contributed by atoms with Gasteiger partial charge in [0.2, 0.25) is 0 Å². The summed E-state index contributed by atoms with van der Waals surface area (Å²) in [6, 6.07) is 10.6. The normalized spacial score (nSPS) is 14.1. The Labute approximate surface area is 154 Å². The number of benzene rings is 2. The quantitative estimate of drug-likeness (QED) is 0.697. The Bertz CT molecular complexity index is 1030. The smallest absolute Gasteiger partial charge is 0.255 e. The Hall–Kier alpha value is -3.06. The molecule has 0 fully saturated rings. The van der Waals surface area contributed by atoms with Crippen LogP contribution in [0.4, 0.5) is 14.5 Å². The third kappa shape index (κ3) is 3.73. The summed E-state index contributed by atoms with van der Waals surface area (Å²) in [5.41, 5.74) is 8.83. The molecule has 3 aromatic rings. The van der Waals surface area contributed by atoms with Crippen molar-refractivity contribution in [1.82, 2.24) is 14.9 Å². The zero-order valence-electron chi connectivity index (χ0n) is 14.5. The van der Waals surface area contributed by atoms with Crippen molar-refractivity contribution < 1.29 is 8.78 Å². The molecule has 1 aliphatic rings. The van der Waals surface area contributed by atoms with E-state index in [4.69, 9.17) is 5.73 Å². The molecule has 1 aromatic heterocycles. The van der Waals surface area contributed by atoms with E-state index in [1.807, 2.05) is 17.0 Å². The number of halogens is 2. The molecule has 0 aliphatic carbocycles. The van der Waals surface area contributed by atoms with Crippen molar-refractivity contribution in [1.29, 1.82) is 0 Å². The molecule has 0 amide bonds. The number of fused-ring (bicyclic) bond motifs is 1. The van der Waals surface area contributed by atoms with E-state index >= 15 is 0 Å². The minimum absolute atomic E-state index is 0.193. The predicted molar refractivity (Wildman–Crippen MR) is 98.9 cm³/mol. The highest BCUT2D eigenvalue weighted by atomic mass is 19.1. The third-order valence-electron chi connectivity index (χ3n) is 4.66. The molecule has 0 atom stereocenters. The van der Waals surface area contributed by atoms with Crippen molar-refractivity contribution in [2.75, 3.05) is 12.3 Å². The maximum Gasteiger partial charge on any atom is 0.255 e. The topological polar surface area (TPSA) is 75.0 Å². The molecular formula is C20H18F2N4O. The van der Waals surface area contributed by atoms with Gasteiger partial charge in [0.15, 0.2) is 0 Å². The molecule has 7 heteroatoms. The molecule has 3 N–H and O–H groups in total. The van der Waals surface area contributed by atoms with Gasteiger partial charge < -0.3 is 10.7 Å². The molecule has 5 nitrogen and oxygen atoms in total. The molecule has 1 aliphatic heterocycles. The predicted octanol–water partition coefficient (Wildman–Crippen LogP) is 2.86. The number of anilines is 1. The number of nitrogens with zero attached hydrogens (tertiary/aromatic N) is 2. The molecule has 138 valence electrons. The lowest BCUT2D eigenvalue weighted by Crippen LogP contribution is -2.35. The molecule has 0 saturated heterocycles. The van der Waals surface area contributed by atoms with E-state index < -0.39 is 11.6 Å². The summed E-state index contributed by atoms with van der Waals surface area (Å²) in [5, 5.41) is 0. The molecule has 2 heterocycles. The van der Waals surface area contributed by atoms with Crippen LogP contribution >= 0.6 is 0 Å². The first-order chi connectivity index (χ1) is 13.0. The standard InChI is InChI=1S/C20H18F2N4O/c21-14-7-12(8-15(22)9-14)10-26-6-5-18-17(11-26)20(27)25-19(24-18)13-1-3-16(23)4-2-13/h1-4,7-9H,5-6,10-11,23H2,(H,24,25,27). The van der Waals surface area contributed by atoms with Crippen LogP contribution in [0.25, 0.3) is 11.4 Å². The Morgan fingerprint density at radius 2 is 1.81 bits per heavy atom. The van der Waals surface area contributed by atoms with Crippen molar-refractivity contribution in [3.8, 4) is 11.4 Å². The highest BCUT2D eigenvalue weighted by molar-refractivity contribution is 5.58. The summed E-state index contributed by atoms with van der Waals surface area (Å²) < 4.78 is 26.8. The van der Waals surface area contributed by atoms with Crippen LogP contribution in [0.5, 0.6) is 0 Å². The lowest BCUT2D eigenvalue weighted by molar-refractivity contribution is 0.241. The minimum Gasteiger partial charge on any atom is -0.399 e. The largest absolute Gasteiger partial charge is 0.399 e. The van der Waals surface area contributed by atoms with Crippen LogP contribution in [0.3, 0.4) is 0 Å². The first kappa shape index (κ1) is 17.4. The molecule has 0 saturated carbocycles. The second-order valence-electron chi connectivity index (χ2n) is 6.70. The Morgan fingerprint density at radius 1 is 1.11 bits per heavy atom. The number of hydrogen-bond acceptors (Lipinski definition) is 4. The van der Waals surface area contributed by atoms with Gasteiger partial charge in [-0.1, -0.05) is 0 Å². The number of hydrogen-bond donors (Lipinski definition) is 2. The van der Waals surface area contributed by atoms with E-state index in [1.165, 1.54) is 12.1 Å². The van der Waals surface area contributed by atoms with E-state index in [0.29, 0.717) is 48.7 Å². The van der Waals surface area contributed by atoms with E-state index in [1.54, 1.807) is 12.1 Å². The molecule has 0 radical (unpaired) electrons. The first-order valence-corrected chi connectivity index (χ1v) is 8.63. The van der Waals surface area contributed by atoms with Gasteiger partial charge in [0.05, 0.1) is 11.3 Å². The highest BCUT2D eigenvalue weighted by Crippen LogP contribution is 2.21. The summed E-state index contributed by atoms with van der Waals surface area (Å²) in [4.78, 5) is 22.0. The van der Waals surface area contributed by atoms with Crippen LogP contribution in [0.1, 0.15) is 16.8 Å². The number of H-pyrrole nitrogens is 1. The van der Waals surface area contributed by atoms with Crippen LogP contribution in [-0.4, -0.2) is 21.4 Å². The lowest BCUT2D eigenvalue weighted by atomic mass is 10.1. The van der Waals surface area contributed by atoms with Crippen molar-refractivity contribution in [3.63, 3.8) is 0 Å². The Morgan fingerprint density at radius 3 is 2.52 bits per heavy atom. The Balaban J connectivity index is 1.58. The second kappa shape index (κ2) is 6.92. The average Bonchev–Trinajstić information content (AvgIpc) is 2.62. The maximum absolute atomic E-state index is 13.4. The highest BCUT2D eigenvalue weighted by Gasteiger charge is 2.22. The molecule has 0 bridgehead atoms. The maximum atomic E-state index is 13.4. The van der Waals surface area contributed by atoms with Gasteiger partial charge in [0.25, 0.3) is 5.56 Å². The molecule has 0 spiro atoms. The SMILES string of the molecule is Nc1ccc(-c2nc3c(c(=O)[nH]2)CN(Cc2cc(F)cc(F)c2)CC3)cc1. The van der Waals surface area contributed by atoms with Gasteiger partial charge in [0.1, 0.15) is 17.5 Å². The molecule has 0 unspecified atom stereocenters. The summed E-state index contributed by atoms with van der Waals surface area (Å²) in [6.45, 7) is 1.41. The number of aromatic amines is 1. The summed E-state index contributed by atoms with van der Waals surface area (Å²) >= 11 is 0. The van der Waals surface area contributed by atoms with Gasteiger partial charge in [-0.15, -0.1) is 0 Å². The fourth-order valence-corrected chi connectivity index (χ4v) is 3.35. The van der Waals surface area contributed by atoms with Crippen LogP contribution in [0.15, 0.2) is 47.3 Å². The van der Waals surface area contributed by atoms with Gasteiger partial charge in [-0.05, 0) is 42.0 Å². The lowest BCUT2D eigenvalue weighted by Gasteiger charge is -2.27. The number of nitrogens with two attached hydrogens (primary N) is 1. The van der Waals surface area contributed by atoms with Crippen LogP contribution in [0.2, 0.25) is 0 Å². The van der Waals surface area contributed by atoms with Gasteiger partial charge in [-0.3, -0.25) is 9.69 Å². The molecular weight excluding hydrogens is 350 g/mol. The van der Waals surface area contributed by atoms with Gasteiger partial charge in [0, 0.05) is 43.4 Å². The number of nitrogen functional groups attached to an aromatic ring is 1. The molecule has 4 rings (SSSR count). The second-order valence-corrected chi connectivity index (χ2v) is 6.70. The van der Waals surface area contributed by atoms with Gasteiger partial charge in [-0.2, -0.15) is 0 Å². The summed E-state index contributed by atoms with van der Waals surface area (Å²) in [5.74, 6) is -0.690. The van der Waals surface area contributed by atoms with Crippen molar-refractivity contribution in [3.05, 3.63) is 81.3 Å². The Kier molecular flexibility index (Phi) is 4.45. The van der Waals surface area contributed by atoms with Crippen LogP contribution in [-0.2, 0) is 19.5 Å². The van der Waals surface area contributed by atoms with E-state index in [-0.39, 0.29) is 5.56 Å². The number of aromatic nitrogens is 2. The number of rotatable bonds is 3. The monoisotopic (exact) mass is 368 g/mol. The zero-order chi connectivity index (χ0) is 19.0. The minimum atomic E-state index is -0.602. The fourth-order valence-electron chi connectivity index (χ4n) is 3.35. The molecule has 27 heavy (non-hydrogen) atoms. The number of nitrogens with one attached hydrogen (secondary N) is 1. The van der Waals surface area contributed by atoms with Crippen molar-refractivity contribution >= 4 is 5.69 Å². The summed E-state index contributed by atoms with van der Waals surface area (Å²) in [6.07, 6.45) is 0.596. The fraction of sp³-hybridized carbons (Fsp3) is 0.200. The van der Waals surface area contributed by atoms with Crippen LogP contribution < -0.4 is 11.3 Å². The van der Waals surface area contributed by atoms with Crippen LogP contribution in [0, 0.1) is 11.6 Å². The third-order valence-corrected chi connectivity index (χ3v) is 4.66. The van der Waals surface area contributed by atoms with Gasteiger partial charge in [-0.25, -0.2) is 13.8 Å². The average molecular weight is 368 g/mol. The zero-order valence-corrected chi connectivity index (χ0v) is 14.5.